The number of halogens is 2. The molecule has 2 rings (SSSR count). The zero-order chi connectivity index (χ0) is 14.7. The third kappa shape index (κ3) is 3.52. The molecule has 0 spiro atoms. The molecule has 4 nitrogen and oxygen atoms in total. The molecule has 0 radical (unpaired) electrons. The number of aliphatic hydroxyl groups is 1. The van der Waals surface area contributed by atoms with Crippen LogP contribution in [0.4, 0.5) is 8.78 Å². The summed E-state index contributed by atoms with van der Waals surface area (Å²) in [5.74, 6) is -1.92. The van der Waals surface area contributed by atoms with Crippen LogP contribution in [0.15, 0.2) is 18.2 Å². The van der Waals surface area contributed by atoms with Crippen LogP contribution < -0.4 is 0 Å². The predicted molar refractivity (Wildman–Crippen MR) is 70.0 cm³/mol. The van der Waals surface area contributed by atoms with Crippen molar-refractivity contribution in [3.8, 4) is 0 Å². The number of rotatable bonds is 3. The van der Waals surface area contributed by atoms with Crippen LogP contribution >= 0.6 is 0 Å². The maximum absolute atomic E-state index is 13.1. The second-order valence-electron chi connectivity index (χ2n) is 5.09. The lowest BCUT2D eigenvalue weighted by molar-refractivity contribution is -0.130. The first-order valence-corrected chi connectivity index (χ1v) is 6.56. The summed E-state index contributed by atoms with van der Waals surface area (Å²) >= 11 is 0. The molecule has 6 heteroatoms. The first-order valence-electron chi connectivity index (χ1n) is 6.56. The van der Waals surface area contributed by atoms with Gasteiger partial charge < -0.3 is 10.0 Å². The predicted octanol–water partition coefficient (Wildman–Crippen LogP) is 1.16. The third-order valence-electron chi connectivity index (χ3n) is 3.51. The second-order valence-corrected chi connectivity index (χ2v) is 5.09. The number of hydrogen-bond donors (Lipinski definition) is 1. The van der Waals surface area contributed by atoms with E-state index in [1.54, 1.807) is 11.9 Å². The van der Waals surface area contributed by atoms with Gasteiger partial charge in [-0.2, -0.15) is 0 Å². The Bertz CT molecular complexity index is 496. The van der Waals surface area contributed by atoms with E-state index in [1.165, 1.54) is 6.07 Å². The number of β-amino-alcohol motifs (C(OH)–C–C–N with tert-alkyl or cyclic N) is 1. The van der Waals surface area contributed by atoms with Crippen LogP contribution in [0.1, 0.15) is 18.1 Å². The van der Waals surface area contributed by atoms with E-state index in [9.17, 15) is 18.7 Å². The minimum absolute atomic E-state index is 0.0000123. The maximum Gasteiger partial charge on any atom is 0.236 e. The Hall–Kier alpha value is -1.53. The van der Waals surface area contributed by atoms with Crippen molar-refractivity contribution in [2.24, 2.45) is 0 Å². The number of aliphatic hydroxyl groups excluding tert-OH is 1. The summed E-state index contributed by atoms with van der Waals surface area (Å²) < 4.78 is 26.0. The molecule has 0 aliphatic carbocycles. The Balaban J connectivity index is 2.01. The minimum atomic E-state index is -0.978. The lowest BCUT2D eigenvalue weighted by Gasteiger charge is -2.22. The smallest absolute Gasteiger partial charge is 0.236 e. The van der Waals surface area contributed by atoms with E-state index in [2.05, 4.69) is 0 Å². The van der Waals surface area contributed by atoms with Crippen molar-refractivity contribution in [1.29, 1.82) is 0 Å². The summed E-state index contributed by atoms with van der Waals surface area (Å²) in [6.45, 7) is 1.84. The molecule has 1 N–H and O–H groups in total. The van der Waals surface area contributed by atoms with Crippen LogP contribution in [-0.2, 0) is 4.79 Å². The van der Waals surface area contributed by atoms with Crippen molar-refractivity contribution >= 4 is 5.91 Å². The zero-order valence-electron chi connectivity index (χ0n) is 11.4. The van der Waals surface area contributed by atoms with Gasteiger partial charge in [-0.3, -0.25) is 9.69 Å². The van der Waals surface area contributed by atoms with Gasteiger partial charge in [0.15, 0.2) is 11.6 Å². The van der Waals surface area contributed by atoms with Gasteiger partial charge in [-0.15, -0.1) is 0 Å². The Labute approximate surface area is 116 Å². The molecule has 1 aliphatic rings. The molecule has 20 heavy (non-hydrogen) atoms. The highest BCUT2D eigenvalue weighted by Crippen LogP contribution is 2.18. The average molecular weight is 284 g/mol. The van der Waals surface area contributed by atoms with Crippen LogP contribution in [0.5, 0.6) is 0 Å². The fourth-order valence-electron chi connectivity index (χ4n) is 2.27. The molecule has 1 unspecified atom stereocenters. The molecule has 1 atom stereocenters. The molecule has 1 heterocycles. The summed E-state index contributed by atoms with van der Waals surface area (Å²) in [5, 5.41) is 10.1. The fraction of sp³-hybridized carbons (Fsp3) is 0.500. The molecule has 1 aliphatic heterocycles. The monoisotopic (exact) mass is 284 g/mol. The molecule has 1 aromatic carbocycles. The lowest BCUT2D eigenvalue weighted by atomic mass is 10.1. The standard InChI is InChI=1S/C14H18F2N2O2/c1-17-5-2-6-18(9-14(17)20)8-13(19)10-3-4-11(15)12(16)7-10/h3-4,7,13,19H,2,5-6,8-9H2,1H3. The summed E-state index contributed by atoms with van der Waals surface area (Å²) in [6, 6.07) is 3.34. The van der Waals surface area contributed by atoms with Gasteiger partial charge in [0.1, 0.15) is 0 Å². The number of likely N-dealkylation sites (N-methyl/N-ethyl adjacent to an activating group) is 1. The fourth-order valence-corrected chi connectivity index (χ4v) is 2.27. The van der Waals surface area contributed by atoms with Crippen molar-refractivity contribution < 1.29 is 18.7 Å². The minimum Gasteiger partial charge on any atom is -0.387 e. The summed E-state index contributed by atoms with van der Waals surface area (Å²) in [5.41, 5.74) is 0.314. The van der Waals surface area contributed by atoms with E-state index in [0.29, 0.717) is 18.7 Å². The van der Waals surface area contributed by atoms with Gasteiger partial charge in [-0.1, -0.05) is 6.07 Å². The van der Waals surface area contributed by atoms with E-state index >= 15 is 0 Å². The molecule has 0 bridgehead atoms. The normalized spacial score (nSPS) is 19.0. The van der Waals surface area contributed by atoms with E-state index in [0.717, 1.165) is 18.6 Å². The highest BCUT2D eigenvalue weighted by atomic mass is 19.2. The van der Waals surface area contributed by atoms with Crippen LogP contribution in [0, 0.1) is 11.6 Å². The lowest BCUT2D eigenvalue weighted by Crippen LogP contribution is -2.36. The molecule has 1 saturated heterocycles. The highest BCUT2D eigenvalue weighted by Gasteiger charge is 2.21. The Morgan fingerprint density at radius 2 is 2.05 bits per heavy atom. The van der Waals surface area contributed by atoms with Crippen LogP contribution in [-0.4, -0.2) is 54.0 Å². The van der Waals surface area contributed by atoms with Gasteiger partial charge in [0.05, 0.1) is 12.6 Å². The number of hydrogen-bond acceptors (Lipinski definition) is 3. The van der Waals surface area contributed by atoms with Crippen molar-refractivity contribution in [1.82, 2.24) is 9.80 Å². The summed E-state index contributed by atoms with van der Waals surface area (Å²) in [7, 11) is 1.75. The topological polar surface area (TPSA) is 43.8 Å². The molecular formula is C14H18F2N2O2. The molecule has 0 saturated carbocycles. The van der Waals surface area contributed by atoms with Gasteiger partial charge in [0, 0.05) is 26.7 Å². The zero-order valence-corrected chi connectivity index (χ0v) is 11.4. The van der Waals surface area contributed by atoms with Crippen LogP contribution in [0.2, 0.25) is 0 Å². The largest absolute Gasteiger partial charge is 0.387 e. The van der Waals surface area contributed by atoms with E-state index in [1.807, 2.05) is 4.90 Å². The number of amides is 1. The van der Waals surface area contributed by atoms with Crippen LogP contribution in [0.3, 0.4) is 0 Å². The second kappa shape index (κ2) is 6.28. The SMILES string of the molecule is CN1CCCN(CC(O)c2ccc(F)c(F)c2)CC1=O. The van der Waals surface area contributed by atoms with Crippen molar-refractivity contribution in [2.75, 3.05) is 33.2 Å². The Kier molecular flexibility index (Phi) is 4.67. The van der Waals surface area contributed by atoms with Gasteiger partial charge in [0.25, 0.3) is 0 Å². The van der Waals surface area contributed by atoms with Crippen molar-refractivity contribution in [3.05, 3.63) is 35.4 Å². The molecule has 1 amide bonds. The average Bonchev–Trinajstić information content (AvgIpc) is 2.55. The quantitative estimate of drug-likeness (QED) is 0.906. The van der Waals surface area contributed by atoms with Crippen LogP contribution in [0.25, 0.3) is 0 Å². The van der Waals surface area contributed by atoms with Crippen molar-refractivity contribution in [3.63, 3.8) is 0 Å². The first kappa shape index (κ1) is 14.9. The van der Waals surface area contributed by atoms with Gasteiger partial charge >= 0.3 is 0 Å². The first-order chi connectivity index (χ1) is 9.47. The Morgan fingerprint density at radius 3 is 2.75 bits per heavy atom. The van der Waals surface area contributed by atoms with Gasteiger partial charge in [0.2, 0.25) is 5.91 Å². The molecule has 0 aromatic heterocycles. The number of carbonyl (C=O) groups excluding carboxylic acids is 1. The summed E-state index contributed by atoms with van der Waals surface area (Å²) in [6.07, 6.45) is -0.117. The van der Waals surface area contributed by atoms with Gasteiger partial charge in [-0.05, 0) is 24.1 Å². The molecule has 1 fully saturated rings. The van der Waals surface area contributed by atoms with E-state index < -0.39 is 17.7 Å². The third-order valence-corrected chi connectivity index (χ3v) is 3.51. The van der Waals surface area contributed by atoms with E-state index in [4.69, 9.17) is 0 Å². The molecule has 1 aromatic rings. The number of benzene rings is 1. The number of carbonyl (C=O) groups is 1. The number of nitrogens with zero attached hydrogens (tertiary/aromatic N) is 2. The van der Waals surface area contributed by atoms with Gasteiger partial charge in [-0.25, -0.2) is 8.78 Å². The van der Waals surface area contributed by atoms with Crippen molar-refractivity contribution in [2.45, 2.75) is 12.5 Å². The maximum atomic E-state index is 13.1. The molecule has 110 valence electrons. The Morgan fingerprint density at radius 1 is 1.30 bits per heavy atom. The van der Waals surface area contributed by atoms with E-state index in [-0.39, 0.29) is 19.0 Å². The highest BCUT2D eigenvalue weighted by molar-refractivity contribution is 5.78. The summed E-state index contributed by atoms with van der Waals surface area (Å²) in [4.78, 5) is 15.2. The molecular weight excluding hydrogens is 266 g/mol.